The van der Waals surface area contributed by atoms with Gasteiger partial charge in [0.05, 0.1) is 6.54 Å². The van der Waals surface area contributed by atoms with Gasteiger partial charge < -0.3 is 10.6 Å². The fraction of sp³-hybridized carbons (Fsp3) is 0.611. The molecule has 0 heterocycles. The topological polar surface area (TPSA) is 41.1 Å². The average Bonchev–Trinajstić information content (AvgIpc) is 2.49. The third-order valence-corrected chi connectivity index (χ3v) is 4.77. The summed E-state index contributed by atoms with van der Waals surface area (Å²) < 4.78 is 0. The van der Waals surface area contributed by atoms with Crippen molar-refractivity contribution in [3.05, 3.63) is 35.9 Å². The first-order valence-corrected chi connectivity index (χ1v) is 8.21. The molecule has 0 radical (unpaired) electrons. The zero-order valence-electron chi connectivity index (χ0n) is 13.3. The summed E-state index contributed by atoms with van der Waals surface area (Å²) in [5.74, 6) is 1.44. The molecule has 1 aliphatic rings. The molecule has 3 unspecified atom stereocenters. The van der Waals surface area contributed by atoms with Gasteiger partial charge in [0.1, 0.15) is 0 Å². The molecule has 0 bridgehead atoms. The van der Waals surface area contributed by atoms with E-state index in [0.29, 0.717) is 18.5 Å². The fourth-order valence-corrected chi connectivity index (χ4v) is 3.12. The Labute approximate surface area is 128 Å². The van der Waals surface area contributed by atoms with Crippen molar-refractivity contribution < 1.29 is 4.79 Å². The van der Waals surface area contributed by atoms with Gasteiger partial charge in [-0.3, -0.25) is 4.79 Å². The van der Waals surface area contributed by atoms with Gasteiger partial charge in [-0.15, -0.1) is 0 Å². The van der Waals surface area contributed by atoms with E-state index in [9.17, 15) is 4.79 Å². The molecule has 0 aliphatic heterocycles. The predicted molar refractivity (Wildman–Crippen MR) is 87.1 cm³/mol. The van der Waals surface area contributed by atoms with Gasteiger partial charge in [-0.1, -0.05) is 57.0 Å². The molecule has 1 aliphatic carbocycles. The van der Waals surface area contributed by atoms with Crippen LogP contribution in [0.5, 0.6) is 0 Å². The highest BCUT2D eigenvalue weighted by molar-refractivity contribution is 5.78. The molecule has 116 valence electrons. The van der Waals surface area contributed by atoms with E-state index in [1.807, 2.05) is 18.2 Å². The number of hydrogen-bond acceptors (Lipinski definition) is 2. The Morgan fingerprint density at radius 1 is 1.19 bits per heavy atom. The fourth-order valence-electron chi connectivity index (χ4n) is 3.12. The Kier molecular flexibility index (Phi) is 6.24. The molecule has 0 spiro atoms. The Hall–Kier alpha value is -1.35. The standard InChI is InChI=1S/C18H28N2O/c1-14-7-6-10-17(15(14)2)20-18(21)13-19-12-11-16-8-4-3-5-9-16/h3-5,8-9,14-15,17,19H,6-7,10-13H2,1-2H3,(H,20,21). The second kappa shape index (κ2) is 8.18. The molecule has 2 N–H and O–H groups in total. The van der Waals surface area contributed by atoms with Crippen LogP contribution in [0.15, 0.2) is 30.3 Å². The monoisotopic (exact) mass is 288 g/mol. The van der Waals surface area contributed by atoms with Gasteiger partial charge >= 0.3 is 0 Å². The summed E-state index contributed by atoms with van der Waals surface area (Å²) in [6.07, 6.45) is 4.62. The van der Waals surface area contributed by atoms with Gasteiger partial charge in [0.2, 0.25) is 5.91 Å². The molecule has 1 amide bonds. The number of benzene rings is 1. The van der Waals surface area contributed by atoms with Crippen molar-refractivity contribution in [3.63, 3.8) is 0 Å². The van der Waals surface area contributed by atoms with Crippen LogP contribution in [0.3, 0.4) is 0 Å². The van der Waals surface area contributed by atoms with Crippen LogP contribution in [-0.4, -0.2) is 25.0 Å². The molecule has 1 fully saturated rings. The van der Waals surface area contributed by atoms with Crippen molar-refractivity contribution in [1.29, 1.82) is 0 Å². The van der Waals surface area contributed by atoms with Crippen molar-refractivity contribution >= 4 is 5.91 Å². The molecular formula is C18H28N2O. The van der Waals surface area contributed by atoms with Crippen molar-refractivity contribution in [3.8, 4) is 0 Å². The SMILES string of the molecule is CC1CCCC(NC(=O)CNCCc2ccccc2)C1C. The molecule has 1 saturated carbocycles. The summed E-state index contributed by atoms with van der Waals surface area (Å²) in [6, 6.07) is 10.7. The molecular weight excluding hydrogens is 260 g/mol. The maximum atomic E-state index is 12.0. The Balaban J connectivity index is 1.63. The van der Waals surface area contributed by atoms with E-state index in [-0.39, 0.29) is 5.91 Å². The highest BCUT2D eigenvalue weighted by atomic mass is 16.1. The number of hydrogen-bond donors (Lipinski definition) is 2. The average molecular weight is 288 g/mol. The molecule has 1 aromatic carbocycles. The van der Waals surface area contributed by atoms with Crippen LogP contribution in [0.1, 0.15) is 38.7 Å². The Bertz CT molecular complexity index is 432. The quantitative estimate of drug-likeness (QED) is 0.790. The van der Waals surface area contributed by atoms with Crippen LogP contribution >= 0.6 is 0 Å². The molecule has 0 aromatic heterocycles. The van der Waals surface area contributed by atoms with Crippen molar-refractivity contribution in [2.24, 2.45) is 11.8 Å². The zero-order valence-corrected chi connectivity index (χ0v) is 13.3. The van der Waals surface area contributed by atoms with E-state index >= 15 is 0 Å². The number of amides is 1. The van der Waals surface area contributed by atoms with E-state index in [2.05, 4.69) is 36.6 Å². The summed E-state index contributed by atoms with van der Waals surface area (Å²) in [5, 5.41) is 6.43. The lowest BCUT2D eigenvalue weighted by atomic mass is 9.78. The first-order chi connectivity index (χ1) is 10.2. The lowest BCUT2D eigenvalue weighted by Crippen LogP contribution is -2.46. The number of nitrogens with one attached hydrogen (secondary N) is 2. The number of carbonyl (C=O) groups is 1. The maximum absolute atomic E-state index is 12.0. The summed E-state index contributed by atoms with van der Waals surface area (Å²) in [6.45, 7) is 5.82. The van der Waals surface area contributed by atoms with Crippen molar-refractivity contribution in [2.75, 3.05) is 13.1 Å². The molecule has 3 heteroatoms. The maximum Gasteiger partial charge on any atom is 0.234 e. The highest BCUT2D eigenvalue weighted by Gasteiger charge is 2.27. The van der Waals surface area contributed by atoms with E-state index in [0.717, 1.165) is 25.3 Å². The molecule has 2 rings (SSSR count). The molecule has 0 saturated heterocycles. The first-order valence-electron chi connectivity index (χ1n) is 8.21. The van der Waals surface area contributed by atoms with Crippen LogP contribution in [0.25, 0.3) is 0 Å². The summed E-state index contributed by atoms with van der Waals surface area (Å²) in [7, 11) is 0. The minimum atomic E-state index is 0.133. The minimum absolute atomic E-state index is 0.133. The molecule has 3 nitrogen and oxygen atoms in total. The van der Waals surface area contributed by atoms with Crippen LogP contribution in [0.2, 0.25) is 0 Å². The summed E-state index contributed by atoms with van der Waals surface area (Å²) >= 11 is 0. The van der Waals surface area contributed by atoms with Gasteiger partial charge in [0.25, 0.3) is 0 Å². The molecule has 21 heavy (non-hydrogen) atoms. The second-order valence-corrected chi connectivity index (χ2v) is 6.35. The van der Waals surface area contributed by atoms with Crippen LogP contribution < -0.4 is 10.6 Å². The first kappa shape index (κ1) is 16.0. The van der Waals surface area contributed by atoms with Gasteiger partial charge in [-0.25, -0.2) is 0 Å². The normalized spacial score (nSPS) is 25.5. The van der Waals surface area contributed by atoms with Crippen LogP contribution in [0.4, 0.5) is 0 Å². The van der Waals surface area contributed by atoms with Crippen LogP contribution in [0, 0.1) is 11.8 Å². The zero-order chi connectivity index (χ0) is 15.1. The third-order valence-electron chi connectivity index (χ3n) is 4.77. The van der Waals surface area contributed by atoms with Crippen LogP contribution in [-0.2, 0) is 11.2 Å². The van der Waals surface area contributed by atoms with Gasteiger partial charge in [-0.05, 0) is 36.8 Å². The van der Waals surface area contributed by atoms with Gasteiger partial charge in [0, 0.05) is 6.04 Å². The second-order valence-electron chi connectivity index (χ2n) is 6.35. The van der Waals surface area contributed by atoms with Gasteiger partial charge in [0.15, 0.2) is 0 Å². The Morgan fingerprint density at radius 3 is 2.71 bits per heavy atom. The summed E-state index contributed by atoms with van der Waals surface area (Å²) in [4.78, 5) is 12.0. The van der Waals surface area contributed by atoms with E-state index in [4.69, 9.17) is 0 Å². The lowest BCUT2D eigenvalue weighted by Gasteiger charge is -2.34. The van der Waals surface area contributed by atoms with Gasteiger partial charge in [-0.2, -0.15) is 0 Å². The third kappa shape index (κ3) is 5.16. The predicted octanol–water partition coefficient (Wildman–Crippen LogP) is 2.76. The molecule has 1 aromatic rings. The smallest absolute Gasteiger partial charge is 0.234 e. The van der Waals surface area contributed by atoms with E-state index < -0.39 is 0 Å². The minimum Gasteiger partial charge on any atom is -0.352 e. The largest absolute Gasteiger partial charge is 0.352 e. The highest BCUT2D eigenvalue weighted by Crippen LogP contribution is 2.29. The lowest BCUT2D eigenvalue weighted by molar-refractivity contribution is -0.121. The van der Waals surface area contributed by atoms with Crippen molar-refractivity contribution in [2.45, 2.75) is 45.6 Å². The van der Waals surface area contributed by atoms with E-state index in [1.54, 1.807) is 0 Å². The van der Waals surface area contributed by atoms with Crippen molar-refractivity contribution in [1.82, 2.24) is 10.6 Å². The Morgan fingerprint density at radius 2 is 1.95 bits per heavy atom. The number of rotatable bonds is 6. The number of carbonyl (C=O) groups excluding carboxylic acids is 1. The molecule has 3 atom stereocenters. The summed E-state index contributed by atoms with van der Waals surface area (Å²) in [5.41, 5.74) is 1.31. The van der Waals surface area contributed by atoms with E-state index in [1.165, 1.54) is 18.4 Å².